The van der Waals surface area contributed by atoms with Gasteiger partial charge in [-0.15, -0.1) is 0 Å². The Morgan fingerprint density at radius 1 is 1.15 bits per heavy atom. The number of carboxylic acids is 1. The van der Waals surface area contributed by atoms with E-state index in [0.29, 0.717) is 35.0 Å². The number of rotatable bonds is 6. The Hall–Kier alpha value is -4.17. The molecule has 2 heterocycles. The molecule has 0 unspecified atom stereocenters. The lowest BCUT2D eigenvalue weighted by Crippen LogP contribution is -2.21. The number of carboxylic acid groups (broad SMARTS) is 1. The van der Waals surface area contributed by atoms with Gasteiger partial charge in [0.25, 0.3) is 5.91 Å². The largest absolute Gasteiger partial charge is 0.478 e. The molecule has 1 aliphatic rings. The minimum atomic E-state index is -1.20. The maximum atomic E-state index is 13.0. The van der Waals surface area contributed by atoms with Gasteiger partial charge in [0.05, 0.1) is 39.7 Å². The van der Waals surface area contributed by atoms with E-state index in [2.05, 4.69) is 5.10 Å². The lowest BCUT2D eigenvalue weighted by Gasteiger charge is -2.12. The number of halogens is 1. The zero-order valence-electron chi connectivity index (χ0n) is 18.2. The van der Waals surface area contributed by atoms with Crippen molar-refractivity contribution in [2.45, 2.75) is 13.8 Å². The molecule has 2 aromatic carbocycles. The molecule has 3 aromatic rings. The second-order valence-corrected chi connectivity index (χ2v) is 7.74. The van der Waals surface area contributed by atoms with Crippen LogP contribution >= 0.6 is 11.6 Å². The van der Waals surface area contributed by atoms with Gasteiger partial charge in [0.1, 0.15) is 11.5 Å². The fraction of sp³-hybridized carbons (Fsp3) is 0.120. The average Bonchev–Trinajstić information content (AvgIpc) is 3.40. The monoisotopic (exact) mass is 478 g/mol. The normalized spacial score (nSPS) is 14.4. The van der Waals surface area contributed by atoms with E-state index in [0.717, 1.165) is 10.6 Å². The third-order valence-corrected chi connectivity index (χ3v) is 5.41. The second kappa shape index (κ2) is 9.36. The molecule has 0 aliphatic carbocycles. The maximum absolute atomic E-state index is 13.0. The first-order valence-electron chi connectivity index (χ1n) is 10.3. The quantitative estimate of drug-likeness (QED) is 0.381. The van der Waals surface area contributed by atoms with Crippen molar-refractivity contribution in [3.63, 3.8) is 0 Å². The van der Waals surface area contributed by atoms with Gasteiger partial charge in [-0.1, -0.05) is 23.7 Å². The summed E-state index contributed by atoms with van der Waals surface area (Å²) in [4.78, 5) is 36.2. The number of amides is 1. The van der Waals surface area contributed by atoms with Crippen molar-refractivity contribution in [3.05, 3.63) is 82.1 Å². The van der Waals surface area contributed by atoms with E-state index in [1.54, 1.807) is 56.3 Å². The SMILES string of the molecule is CCOC(=O)c1ccc(-c2ccc(/C=C3\C(=O)N(c4ccc(Cl)c(C(=O)O)c4)N=C3C)o2)cc1. The van der Waals surface area contributed by atoms with Crippen molar-refractivity contribution in [2.75, 3.05) is 11.6 Å². The summed E-state index contributed by atoms with van der Waals surface area (Å²) in [7, 11) is 0. The molecule has 4 rings (SSSR count). The Bertz CT molecular complexity index is 1350. The summed E-state index contributed by atoms with van der Waals surface area (Å²) in [5.74, 6) is -1.02. The van der Waals surface area contributed by atoms with Crippen molar-refractivity contribution in [1.29, 1.82) is 0 Å². The van der Waals surface area contributed by atoms with Crippen molar-refractivity contribution < 1.29 is 28.6 Å². The van der Waals surface area contributed by atoms with Crippen molar-refractivity contribution in [2.24, 2.45) is 5.10 Å². The first kappa shape index (κ1) is 23.0. The molecule has 0 fully saturated rings. The van der Waals surface area contributed by atoms with Gasteiger partial charge in [0, 0.05) is 5.56 Å². The summed E-state index contributed by atoms with van der Waals surface area (Å²) in [6.07, 6.45) is 1.58. The fourth-order valence-corrected chi connectivity index (χ4v) is 3.58. The minimum Gasteiger partial charge on any atom is -0.478 e. The van der Waals surface area contributed by atoms with E-state index in [1.807, 2.05) is 0 Å². The molecular weight excluding hydrogens is 460 g/mol. The van der Waals surface area contributed by atoms with Crippen LogP contribution in [0.15, 0.2) is 69.7 Å². The maximum Gasteiger partial charge on any atom is 0.338 e. The van der Waals surface area contributed by atoms with Crippen LogP contribution in [0.3, 0.4) is 0 Å². The molecule has 1 amide bonds. The first-order chi connectivity index (χ1) is 16.3. The Balaban J connectivity index is 1.56. The van der Waals surface area contributed by atoms with Crippen LogP contribution in [0.1, 0.15) is 40.3 Å². The molecule has 9 heteroatoms. The number of carbonyl (C=O) groups excluding carboxylic acids is 2. The van der Waals surface area contributed by atoms with Crippen LogP contribution in [0.25, 0.3) is 17.4 Å². The Labute approximate surface area is 199 Å². The smallest absolute Gasteiger partial charge is 0.338 e. The molecule has 1 N–H and O–H groups in total. The van der Waals surface area contributed by atoms with Crippen LogP contribution in [0.2, 0.25) is 5.02 Å². The van der Waals surface area contributed by atoms with Crippen LogP contribution in [0.4, 0.5) is 5.69 Å². The minimum absolute atomic E-state index is 0.0674. The van der Waals surface area contributed by atoms with Crippen molar-refractivity contribution >= 4 is 46.9 Å². The number of furan rings is 1. The van der Waals surface area contributed by atoms with Crippen molar-refractivity contribution in [3.8, 4) is 11.3 Å². The third-order valence-electron chi connectivity index (χ3n) is 5.08. The number of hydrogen-bond donors (Lipinski definition) is 1. The molecule has 0 radical (unpaired) electrons. The number of esters is 1. The van der Waals surface area contributed by atoms with Gasteiger partial charge in [-0.05, 0) is 62.4 Å². The van der Waals surface area contributed by atoms with Gasteiger partial charge in [0.2, 0.25) is 0 Å². The van der Waals surface area contributed by atoms with Crippen LogP contribution in [0, 0.1) is 0 Å². The van der Waals surface area contributed by atoms with E-state index in [-0.39, 0.29) is 16.3 Å². The molecule has 8 nitrogen and oxygen atoms in total. The molecule has 34 heavy (non-hydrogen) atoms. The number of nitrogens with zero attached hydrogens (tertiary/aromatic N) is 2. The van der Waals surface area contributed by atoms with Crippen LogP contribution in [0.5, 0.6) is 0 Å². The van der Waals surface area contributed by atoms with Gasteiger partial charge in [-0.2, -0.15) is 10.1 Å². The lowest BCUT2D eigenvalue weighted by molar-refractivity contribution is -0.114. The van der Waals surface area contributed by atoms with Gasteiger partial charge < -0.3 is 14.3 Å². The predicted octanol–water partition coefficient (Wildman–Crippen LogP) is 5.28. The summed E-state index contributed by atoms with van der Waals surface area (Å²) in [5, 5.41) is 14.7. The van der Waals surface area contributed by atoms with Crippen LogP contribution < -0.4 is 5.01 Å². The number of anilines is 1. The van der Waals surface area contributed by atoms with Gasteiger partial charge in [-0.25, -0.2) is 9.59 Å². The molecule has 0 spiro atoms. The summed E-state index contributed by atoms with van der Waals surface area (Å²) < 4.78 is 10.9. The molecule has 0 saturated carbocycles. The molecule has 0 atom stereocenters. The van der Waals surface area contributed by atoms with E-state index < -0.39 is 17.8 Å². The summed E-state index contributed by atoms with van der Waals surface area (Å²) in [6.45, 7) is 3.72. The molecule has 0 bridgehead atoms. The highest BCUT2D eigenvalue weighted by molar-refractivity contribution is 6.34. The zero-order chi connectivity index (χ0) is 24.4. The number of hydrogen-bond acceptors (Lipinski definition) is 6. The van der Waals surface area contributed by atoms with Crippen LogP contribution in [-0.4, -0.2) is 35.3 Å². The summed E-state index contributed by atoms with van der Waals surface area (Å²) >= 11 is 5.92. The Kier molecular flexibility index (Phi) is 6.34. The molecule has 0 saturated heterocycles. The fourth-order valence-electron chi connectivity index (χ4n) is 3.38. The predicted molar refractivity (Wildman–Crippen MR) is 127 cm³/mol. The van der Waals surface area contributed by atoms with Crippen molar-refractivity contribution in [1.82, 2.24) is 0 Å². The highest BCUT2D eigenvalue weighted by Crippen LogP contribution is 2.30. The lowest BCUT2D eigenvalue weighted by atomic mass is 10.1. The highest BCUT2D eigenvalue weighted by Gasteiger charge is 2.30. The highest BCUT2D eigenvalue weighted by atomic mass is 35.5. The number of aromatic carboxylic acids is 1. The summed E-state index contributed by atoms with van der Waals surface area (Å²) in [6, 6.07) is 14.5. The van der Waals surface area contributed by atoms with E-state index in [9.17, 15) is 19.5 Å². The van der Waals surface area contributed by atoms with E-state index in [1.165, 1.54) is 18.2 Å². The zero-order valence-corrected chi connectivity index (χ0v) is 19.0. The third kappa shape index (κ3) is 4.49. The Morgan fingerprint density at radius 2 is 1.88 bits per heavy atom. The second-order valence-electron chi connectivity index (χ2n) is 7.33. The number of hydrazone groups is 1. The molecule has 1 aliphatic heterocycles. The summed E-state index contributed by atoms with van der Waals surface area (Å²) in [5.41, 5.74) is 2.12. The molecule has 1 aromatic heterocycles. The first-order valence-corrected chi connectivity index (χ1v) is 10.7. The topological polar surface area (TPSA) is 109 Å². The molecular formula is C25H19ClN2O6. The number of carbonyl (C=O) groups is 3. The standard InChI is InChI=1S/C25H19ClN2O6/c1-3-33-25(32)16-6-4-15(5-7-16)22-11-9-18(34-22)13-19-14(2)27-28(23(19)29)17-8-10-21(26)20(12-17)24(30)31/h4-13H,3H2,1-2H3,(H,30,31)/b19-13-. The number of benzene rings is 2. The molecule has 172 valence electrons. The van der Waals surface area contributed by atoms with Gasteiger partial charge >= 0.3 is 11.9 Å². The van der Waals surface area contributed by atoms with Crippen LogP contribution in [-0.2, 0) is 9.53 Å². The van der Waals surface area contributed by atoms with Gasteiger partial charge in [0.15, 0.2) is 0 Å². The van der Waals surface area contributed by atoms with E-state index >= 15 is 0 Å². The number of ether oxygens (including phenoxy) is 1. The van der Waals surface area contributed by atoms with E-state index in [4.69, 9.17) is 20.8 Å². The average molecular weight is 479 g/mol. The Morgan fingerprint density at radius 3 is 2.56 bits per heavy atom. The van der Waals surface area contributed by atoms with Gasteiger partial charge in [-0.3, -0.25) is 4.79 Å².